The largest absolute Gasteiger partial charge is 0.497 e. The van der Waals surface area contributed by atoms with Gasteiger partial charge >= 0.3 is 0 Å². The number of hydrogen-bond donors (Lipinski definition) is 4. The number of nitrogen functional groups attached to an aromatic ring is 1. The molecule has 1 fully saturated rings. The number of carbonyl (C=O) groups is 1. The highest BCUT2D eigenvalue weighted by atomic mass is 16.5. The second-order valence-corrected chi connectivity index (χ2v) is 8.22. The molecule has 1 aliphatic rings. The Morgan fingerprint density at radius 1 is 1.03 bits per heavy atom. The summed E-state index contributed by atoms with van der Waals surface area (Å²) in [5.41, 5.74) is 7.27. The van der Waals surface area contributed by atoms with Crippen molar-refractivity contribution in [1.29, 1.82) is 5.41 Å². The van der Waals surface area contributed by atoms with Crippen molar-refractivity contribution in [2.75, 3.05) is 53.6 Å². The van der Waals surface area contributed by atoms with Crippen molar-refractivity contribution in [3.05, 3.63) is 53.6 Å². The summed E-state index contributed by atoms with van der Waals surface area (Å²) in [6, 6.07) is 13.0. The van der Waals surface area contributed by atoms with Gasteiger partial charge < -0.3 is 30.2 Å². The number of nitrogens with two attached hydrogens (primary N) is 1. The number of ether oxygens (including phenoxy) is 3. The van der Waals surface area contributed by atoms with Crippen molar-refractivity contribution in [2.45, 2.75) is 19.6 Å². The van der Waals surface area contributed by atoms with Crippen LogP contribution >= 0.6 is 0 Å². The van der Waals surface area contributed by atoms with E-state index in [0.29, 0.717) is 17.9 Å². The molecule has 1 aliphatic heterocycles. The third-order valence-corrected chi connectivity index (χ3v) is 5.34. The first-order valence-corrected chi connectivity index (χ1v) is 11.3. The molecule has 192 valence electrons. The molecule has 1 saturated heterocycles. The third-order valence-electron chi connectivity index (χ3n) is 5.34. The van der Waals surface area contributed by atoms with E-state index in [1.807, 2.05) is 18.2 Å². The summed E-state index contributed by atoms with van der Waals surface area (Å²) in [5.74, 6) is 1.36. The quantitative estimate of drug-likeness (QED) is 0.290. The number of aliphatic hydroxyl groups is 1. The van der Waals surface area contributed by atoms with E-state index < -0.39 is 12.1 Å². The molecule has 0 aliphatic carbocycles. The standard InChI is InChI=1S/C23H32N4O4.C2H4O2/c1-29-21-10-17(11-22(13-21)30-2)14-26-6-8-27(9-7-26)15-19(28)16-31-20-5-3-4-18(12-20)23(24)25;1-2(3)4/h3-5,10-13,19,28H,6-9,14-16H2,1-2H3,(H3,24,25);1H3,(H,3,4). The smallest absolute Gasteiger partial charge is 0.300 e. The minimum Gasteiger partial charge on any atom is -0.497 e. The van der Waals surface area contributed by atoms with Gasteiger partial charge in [0.1, 0.15) is 35.8 Å². The zero-order chi connectivity index (χ0) is 25.8. The normalized spacial score (nSPS) is 14.9. The van der Waals surface area contributed by atoms with Crippen LogP contribution in [0.15, 0.2) is 42.5 Å². The Balaban J connectivity index is 0.00000100. The molecule has 10 heteroatoms. The van der Waals surface area contributed by atoms with E-state index in [2.05, 4.69) is 9.80 Å². The fourth-order valence-corrected chi connectivity index (χ4v) is 3.64. The van der Waals surface area contributed by atoms with Gasteiger partial charge in [-0.1, -0.05) is 12.1 Å². The van der Waals surface area contributed by atoms with E-state index in [1.54, 1.807) is 38.5 Å². The van der Waals surface area contributed by atoms with Crippen LogP contribution in [0.1, 0.15) is 18.1 Å². The van der Waals surface area contributed by atoms with Gasteiger partial charge in [-0.15, -0.1) is 0 Å². The number of methoxy groups -OCH3 is 2. The van der Waals surface area contributed by atoms with E-state index in [4.69, 9.17) is 35.3 Å². The van der Waals surface area contributed by atoms with E-state index in [0.717, 1.165) is 56.7 Å². The van der Waals surface area contributed by atoms with Gasteiger partial charge in [0, 0.05) is 57.8 Å². The Kier molecular flexibility index (Phi) is 11.3. The van der Waals surface area contributed by atoms with Gasteiger partial charge in [0.25, 0.3) is 5.97 Å². The van der Waals surface area contributed by atoms with E-state index >= 15 is 0 Å². The summed E-state index contributed by atoms with van der Waals surface area (Å²) in [7, 11) is 3.32. The predicted molar refractivity (Wildman–Crippen MR) is 134 cm³/mol. The van der Waals surface area contributed by atoms with E-state index in [-0.39, 0.29) is 12.4 Å². The van der Waals surface area contributed by atoms with Crippen molar-refractivity contribution in [3.63, 3.8) is 0 Å². The molecule has 0 bridgehead atoms. The molecule has 2 aromatic carbocycles. The minimum absolute atomic E-state index is 0.00346. The summed E-state index contributed by atoms with van der Waals surface area (Å²) in [6.07, 6.45) is -0.588. The first kappa shape index (κ1) is 27.9. The molecule has 10 nitrogen and oxygen atoms in total. The van der Waals surface area contributed by atoms with Gasteiger partial charge in [0.2, 0.25) is 0 Å². The number of hydrogen-bond acceptors (Lipinski definition) is 8. The van der Waals surface area contributed by atoms with Crippen LogP contribution in [0.2, 0.25) is 0 Å². The molecule has 1 heterocycles. The summed E-state index contributed by atoms with van der Waals surface area (Å²) in [4.78, 5) is 13.6. The number of rotatable bonds is 10. The van der Waals surface area contributed by atoms with Gasteiger partial charge in [0.05, 0.1) is 14.2 Å². The van der Waals surface area contributed by atoms with Crippen molar-refractivity contribution >= 4 is 11.8 Å². The fraction of sp³-hybridized carbons (Fsp3) is 0.440. The third kappa shape index (κ3) is 10.2. The maximum atomic E-state index is 10.4. The lowest BCUT2D eigenvalue weighted by molar-refractivity contribution is -0.134. The average Bonchev–Trinajstić information content (AvgIpc) is 2.83. The monoisotopic (exact) mass is 488 g/mol. The zero-order valence-corrected chi connectivity index (χ0v) is 20.6. The summed E-state index contributed by atoms with van der Waals surface area (Å²) in [6.45, 7) is 6.30. The van der Waals surface area contributed by atoms with Crippen LogP contribution in [0.4, 0.5) is 0 Å². The molecule has 35 heavy (non-hydrogen) atoms. The van der Waals surface area contributed by atoms with E-state index in [9.17, 15) is 5.11 Å². The van der Waals surface area contributed by atoms with Crippen molar-refractivity contribution in [2.24, 2.45) is 5.73 Å². The summed E-state index contributed by atoms with van der Waals surface area (Å²) >= 11 is 0. The van der Waals surface area contributed by atoms with Crippen LogP contribution in [0.5, 0.6) is 17.2 Å². The highest BCUT2D eigenvalue weighted by Gasteiger charge is 2.20. The number of amidine groups is 1. The highest BCUT2D eigenvalue weighted by Crippen LogP contribution is 2.23. The lowest BCUT2D eigenvalue weighted by Gasteiger charge is -2.35. The number of nitrogens with one attached hydrogen (secondary N) is 1. The molecular weight excluding hydrogens is 452 g/mol. The Labute approximate surface area is 206 Å². The van der Waals surface area contributed by atoms with Gasteiger partial charge in [0.15, 0.2) is 0 Å². The van der Waals surface area contributed by atoms with Crippen LogP contribution in [-0.2, 0) is 11.3 Å². The second-order valence-electron chi connectivity index (χ2n) is 8.22. The highest BCUT2D eigenvalue weighted by molar-refractivity contribution is 5.95. The maximum absolute atomic E-state index is 10.4. The molecular formula is C25H36N4O6. The number of benzene rings is 2. The number of nitrogens with zero attached hydrogens (tertiary/aromatic N) is 2. The zero-order valence-electron chi connectivity index (χ0n) is 20.6. The van der Waals surface area contributed by atoms with Crippen LogP contribution in [0.3, 0.4) is 0 Å². The Morgan fingerprint density at radius 2 is 1.60 bits per heavy atom. The van der Waals surface area contributed by atoms with Crippen molar-refractivity contribution in [3.8, 4) is 17.2 Å². The van der Waals surface area contributed by atoms with Crippen LogP contribution < -0.4 is 19.9 Å². The molecule has 5 N–H and O–H groups in total. The minimum atomic E-state index is -0.833. The van der Waals surface area contributed by atoms with E-state index in [1.165, 1.54) is 0 Å². The van der Waals surface area contributed by atoms with Crippen molar-refractivity contribution in [1.82, 2.24) is 9.80 Å². The number of piperazine rings is 1. The predicted octanol–water partition coefficient (Wildman–Crippen LogP) is 1.64. The maximum Gasteiger partial charge on any atom is 0.300 e. The number of carboxylic acid groups (broad SMARTS) is 1. The molecule has 1 atom stereocenters. The molecule has 0 saturated carbocycles. The lowest BCUT2D eigenvalue weighted by atomic mass is 10.1. The van der Waals surface area contributed by atoms with Crippen LogP contribution in [-0.4, -0.2) is 91.5 Å². The number of β-amino-alcohol motifs (C(OH)–C–C–N with tert-alkyl or cyclic N) is 1. The van der Waals surface area contributed by atoms with Crippen LogP contribution in [0.25, 0.3) is 0 Å². The molecule has 0 aromatic heterocycles. The first-order valence-electron chi connectivity index (χ1n) is 11.3. The second kappa shape index (κ2) is 14.1. The molecule has 0 spiro atoms. The molecule has 0 amide bonds. The summed E-state index contributed by atoms with van der Waals surface area (Å²) < 4.78 is 16.4. The molecule has 2 aromatic rings. The topological polar surface area (TPSA) is 142 Å². The van der Waals surface area contributed by atoms with Gasteiger partial charge in [-0.2, -0.15) is 0 Å². The SMILES string of the molecule is CC(=O)O.COc1cc(CN2CCN(CC(O)COc3cccc(C(=N)N)c3)CC2)cc(OC)c1. The van der Waals surface area contributed by atoms with Crippen LogP contribution in [0, 0.1) is 5.41 Å². The van der Waals surface area contributed by atoms with Crippen molar-refractivity contribution < 1.29 is 29.2 Å². The Hall–Kier alpha value is -3.34. The fourth-order valence-electron chi connectivity index (χ4n) is 3.64. The lowest BCUT2D eigenvalue weighted by Crippen LogP contribution is -2.48. The van der Waals surface area contributed by atoms with Gasteiger partial charge in [-0.25, -0.2) is 0 Å². The molecule has 1 unspecified atom stereocenters. The summed E-state index contributed by atoms with van der Waals surface area (Å²) in [5, 5.41) is 25.3. The van der Waals surface area contributed by atoms with Gasteiger partial charge in [-0.3, -0.25) is 20.0 Å². The first-order chi connectivity index (χ1) is 16.7. The Bertz CT molecular complexity index is 936. The number of aliphatic carboxylic acids is 1. The average molecular weight is 489 g/mol. The number of carboxylic acids is 1. The Morgan fingerprint density at radius 3 is 2.14 bits per heavy atom. The molecule has 3 rings (SSSR count). The van der Waals surface area contributed by atoms with Gasteiger partial charge in [-0.05, 0) is 29.8 Å². The molecule has 0 radical (unpaired) electrons. The number of aliphatic hydroxyl groups excluding tert-OH is 1.